The van der Waals surface area contributed by atoms with Gasteiger partial charge < -0.3 is 15.7 Å². The number of β-amino-alcohol motifs (C(OH)–C–C–N with tert-alkyl or cyclic N) is 1. The summed E-state index contributed by atoms with van der Waals surface area (Å²) in [5.41, 5.74) is 4.55. The van der Waals surface area contributed by atoms with Crippen molar-refractivity contribution in [3.8, 4) is 0 Å². The normalized spacial score (nSPS) is 25.3. The molecule has 1 fully saturated rings. The van der Waals surface area contributed by atoms with Crippen molar-refractivity contribution in [1.29, 1.82) is 0 Å². The van der Waals surface area contributed by atoms with E-state index in [9.17, 15) is 9.90 Å². The van der Waals surface area contributed by atoms with Gasteiger partial charge in [0.25, 0.3) is 0 Å². The maximum atomic E-state index is 10.9. The highest BCUT2D eigenvalue weighted by atomic mass is 16.3. The first kappa shape index (κ1) is 8.49. The summed E-state index contributed by atoms with van der Waals surface area (Å²) in [4.78, 5) is 12.5. The van der Waals surface area contributed by atoms with E-state index in [0.717, 1.165) is 0 Å². The lowest BCUT2D eigenvalue weighted by molar-refractivity contribution is -0.146. The second kappa shape index (κ2) is 2.46. The molecule has 64 valence electrons. The summed E-state index contributed by atoms with van der Waals surface area (Å²) in [6, 6.07) is -0.336. The van der Waals surface area contributed by atoms with E-state index in [1.165, 1.54) is 0 Å². The number of nitrogens with zero attached hydrogens (tertiary/aromatic N) is 1. The lowest BCUT2D eigenvalue weighted by Crippen LogP contribution is -2.63. The Labute approximate surface area is 66.0 Å². The molecule has 0 saturated carbocycles. The van der Waals surface area contributed by atoms with E-state index in [0.29, 0.717) is 13.1 Å². The highest BCUT2D eigenvalue weighted by molar-refractivity contribution is 5.87. The van der Waals surface area contributed by atoms with Gasteiger partial charge in [-0.3, -0.25) is 4.79 Å². The second-order valence-corrected chi connectivity index (χ2v) is 3.64. The minimum atomic E-state index is -0.810. The number of amides is 1. The van der Waals surface area contributed by atoms with Crippen molar-refractivity contribution in [2.45, 2.75) is 25.5 Å². The van der Waals surface area contributed by atoms with Crippen LogP contribution in [0.25, 0.3) is 0 Å². The Morgan fingerprint density at radius 2 is 2.36 bits per heavy atom. The first-order chi connectivity index (χ1) is 4.90. The molecule has 1 saturated heterocycles. The molecule has 1 atom stereocenters. The fraction of sp³-hybridized carbons (Fsp3) is 0.857. The first-order valence-electron chi connectivity index (χ1n) is 3.67. The van der Waals surface area contributed by atoms with Crippen LogP contribution in [0.15, 0.2) is 0 Å². The van der Waals surface area contributed by atoms with Gasteiger partial charge in [-0.2, -0.15) is 0 Å². The Bertz CT molecular complexity index is 174. The van der Waals surface area contributed by atoms with Crippen molar-refractivity contribution in [3.05, 3.63) is 0 Å². The van der Waals surface area contributed by atoms with Gasteiger partial charge in [0, 0.05) is 13.1 Å². The van der Waals surface area contributed by atoms with Crippen LogP contribution in [0.5, 0.6) is 0 Å². The van der Waals surface area contributed by atoms with Crippen molar-refractivity contribution < 1.29 is 9.90 Å². The number of carbonyl (C=O) groups is 1. The van der Waals surface area contributed by atoms with Crippen molar-refractivity contribution in [2.24, 2.45) is 5.73 Å². The largest absolute Gasteiger partial charge is 0.389 e. The quantitative estimate of drug-likeness (QED) is 0.503. The van der Waals surface area contributed by atoms with Crippen LogP contribution in [-0.2, 0) is 4.79 Å². The number of rotatable bonds is 2. The topological polar surface area (TPSA) is 66.6 Å². The Hall–Kier alpha value is -0.610. The maximum Gasteiger partial charge on any atom is 0.241 e. The fourth-order valence-electron chi connectivity index (χ4n) is 1.14. The highest BCUT2D eigenvalue weighted by Gasteiger charge is 2.35. The van der Waals surface area contributed by atoms with Crippen molar-refractivity contribution >= 4 is 5.91 Å². The first-order valence-corrected chi connectivity index (χ1v) is 3.67. The number of hydrogen-bond donors (Lipinski definition) is 2. The van der Waals surface area contributed by atoms with E-state index in [1.807, 2.05) is 0 Å². The Morgan fingerprint density at radius 1 is 1.82 bits per heavy atom. The van der Waals surface area contributed by atoms with Crippen LogP contribution in [0.4, 0.5) is 0 Å². The average Bonchev–Trinajstić information content (AvgIpc) is 1.84. The molecule has 1 aliphatic heterocycles. The Kier molecular flexibility index (Phi) is 1.90. The van der Waals surface area contributed by atoms with Gasteiger partial charge in [0.05, 0.1) is 5.60 Å². The van der Waals surface area contributed by atoms with E-state index in [1.54, 1.807) is 18.7 Å². The molecule has 0 radical (unpaired) electrons. The number of β-lactam (4-membered cyclic amide) rings is 1. The average molecular weight is 158 g/mol. The zero-order valence-corrected chi connectivity index (χ0v) is 6.87. The van der Waals surface area contributed by atoms with Crippen LogP contribution in [-0.4, -0.2) is 40.6 Å². The molecule has 0 aromatic carbocycles. The van der Waals surface area contributed by atoms with Crippen LogP contribution in [0.1, 0.15) is 13.8 Å². The third-order valence-corrected chi connectivity index (χ3v) is 1.62. The minimum absolute atomic E-state index is 0.0628. The molecule has 1 aliphatic rings. The number of aliphatic hydroxyl groups is 1. The lowest BCUT2D eigenvalue weighted by Gasteiger charge is -2.39. The molecule has 1 rings (SSSR count). The molecule has 0 aromatic heterocycles. The molecule has 4 heteroatoms. The van der Waals surface area contributed by atoms with Crippen LogP contribution in [0.3, 0.4) is 0 Å². The SMILES string of the molecule is CC(C)(O)CN1CC(N)C1=O. The Balaban J connectivity index is 2.37. The number of nitrogens with two attached hydrogens (primary N) is 1. The molecule has 4 nitrogen and oxygen atoms in total. The van der Waals surface area contributed by atoms with E-state index in [4.69, 9.17) is 5.73 Å². The number of carbonyl (C=O) groups excluding carboxylic acids is 1. The summed E-state index contributed by atoms with van der Waals surface area (Å²) in [6.07, 6.45) is 0. The summed E-state index contributed by atoms with van der Waals surface area (Å²) < 4.78 is 0. The third-order valence-electron chi connectivity index (χ3n) is 1.62. The molecule has 0 spiro atoms. The highest BCUT2D eigenvalue weighted by Crippen LogP contribution is 2.12. The van der Waals surface area contributed by atoms with Crippen molar-refractivity contribution in [2.75, 3.05) is 13.1 Å². The molecule has 1 amide bonds. The smallest absolute Gasteiger partial charge is 0.241 e. The zero-order valence-electron chi connectivity index (χ0n) is 6.87. The van der Waals surface area contributed by atoms with E-state index in [-0.39, 0.29) is 11.9 Å². The molecule has 11 heavy (non-hydrogen) atoms. The summed E-state index contributed by atoms with van der Waals surface area (Å²) >= 11 is 0. The van der Waals surface area contributed by atoms with Crippen LogP contribution in [0.2, 0.25) is 0 Å². The zero-order chi connectivity index (χ0) is 8.65. The van der Waals surface area contributed by atoms with Gasteiger partial charge in [0.15, 0.2) is 0 Å². The molecule has 0 aliphatic carbocycles. The predicted octanol–water partition coefficient (Wildman–Crippen LogP) is -1.07. The van der Waals surface area contributed by atoms with Gasteiger partial charge in [-0.1, -0.05) is 0 Å². The molecular formula is C7H14N2O2. The monoisotopic (exact) mass is 158 g/mol. The summed E-state index contributed by atoms with van der Waals surface area (Å²) in [6.45, 7) is 4.29. The standard InChI is InChI=1S/C7H14N2O2/c1-7(2,11)4-9-3-5(8)6(9)10/h5,11H,3-4,8H2,1-2H3. The van der Waals surface area contributed by atoms with E-state index in [2.05, 4.69) is 0 Å². The summed E-state index contributed by atoms with van der Waals surface area (Å²) in [7, 11) is 0. The van der Waals surface area contributed by atoms with Gasteiger partial charge >= 0.3 is 0 Å². The summed E-state index contributed by atoms with van der Waals surface area (Å²) in [5, 5.41) is 9.32. The van der Waals surface area contributed by atoms with Crippen LogP contribution < -0.4 is 5.73 Å². The number of hydrogen-bond acceptors (Lipinski definition) is 3. The molecule has 0 bridgehead atoms. The van der Waals surface area contributed by atoms with Gasteiger partial charge in [0.1, 0.15) is 6.04 Å². The predicted molar refractivity (Wildman–Crippen MR) is 40.9 cm³/mol. The molecule has 1 heterocycles. The van der Waals surface area contributed by atoms with Gasteiger partial charge in [0.2, 0.25) is 5.91 Å². The van der Waals surface area contributed by atoms with Crippen molar-refractivity contribution in [1.82, 2.24) is 4.90 Å². The minimum Gasteiger partial charge on any atom is -0.389 e. The maximum absolute atomic E-state index is 10.9. The molecular weight excluding hydrogens is 144 g/mol. The van der Waals surface area contributed by atoms with Crippen LogP contribution in [0, 0.1) is 0 Å². The van der Waals surface area contributed by atoms with Crippen LogP contribution >= 0.6 is 0 Å². The van der Waals surface area contributed by atoms with Gasteiger partial charge in [-0.25, -0.2) is 0 Å². The number of likely N-dealkylation sites (tertiary alicyclic amines) is 1. The second-order valence-electron chi connectivity index (χ2n) is 3.64. The van der Waals surface area contributed by atoms with Gasteiger partial charge in [-0.15, -0.1) is 0 Å². The Morgan fingerprint density at radius 3 is 2.64 bits per heavy atom. The molecule has 1 unspecified atom stereocenters. The molecule has 0 aromatic rings. The lowest BCUT2D eigenvalue weighted by atomic mass is 10.0. The van der Waals surface area contributed by atoms with E-state index >= 15 is 0 Å². The fourth-order valence-corrected chi connectivity index (χ4v) is 1.14. The van der Waals surface area contributed by atoms with Crippen molar-refractivity contribution in [3.63, 3.8) is 0 Å². The third kappa shape index (κ3) is 1.91. The van der Waals surface area contributed by atoms with Gasteiger partial charge in [-0.05, 0) is 13.8 Å². The summed E-state index contributed by atoms with van der Waals surface area (Å²) in [5.74, 6) is -0.0628. The molecule has 3 N–H and O–H groups in total. The van der Waals surface area contributed by atoms with E-state index < -0.39 is 5.60 Å².